The number of carbonyl (C=O) groups excluding carboxylic acids is 1. The van der Waals surface area contributed by atoms with E-state index in [9.17, 15) is 13.2 Å². The SMILES string of the molecule is Cc1cc(S(=O)(=O)Cl)cc(C)c1NC(=O)CC1CCC1. The van der Waals surface area contributed by atoms with Gasteiger partial charge in [0, 0.05) is 22.8 Å². The Labute approximate surface area is 123 Å². The van der Waals surface area contributed by atoms with Crippen molar-refractivity contribution in [1.29, 1.82) is 0 Å². The van der Waals surface area contributed by atoms with Crippen molar-refractivity contribution in [2.75, 3.05) is 5.32 Å². The van der Waals surface area contributed by atoms with Crippen LogP contribution in [0.4, 0.5) is 5.69 Å². The van der Waals surface area contributed by atoms with Gasteiger partial charge in [0.2, 0.25) is 5.91 Å². The highest BCUT2D eigenvalue weighted by molar-refractivity contribution is 8.13. The summed E-state index contributed by atoms with van der Waals surface area (Å²) < 4.78 is 22.7. The first-order valence-electron chi connectivity index (χ1n) is 6.63. The zero-order valence-electron chi connectivity index (χ0n) is 11.6. The summed E-state index contributed by atoms with van der Waals surface area (Å²) in [6.45, 7) is 3.52. The largest absolute Gasteiger partial charge is 0.326 e. The molecule has 20 heavy (non-hydrogen) atoms. The van der Waals surface area contributed by atoms with Crippen molar-refractivity contribution in [2.45, 2.75) is 44.4 Å². The molecule has 0 aromatic heterocycles. The van der Waals surface area contributed by atoms with E-state index in [1.807, 2.05) is 0 Å². The van der Waals surface area contributed by atoms with Gasteiger partial charge in [0.05, 0.1) is 4.90 Å². The van der Waals surface area contributed by atoms with Crippen LogP contribution >= 0.6 is 10.7 Å². The molecular formula is C14H18ClNO3S. The van der Waals surface area contributed by atoms with Crippen LogP contribution in [0.2, 0.25) is 0 Å². The van der Waals surface area contributed by atoms with E-state index in [4.69, 9.17) is 10.7 Å². The van der Waals surface area contributed by atoms with E-state index < -0.39 is 9.05 Å². The van der Waals surface area contributed by atoms with Crippen molar-refractivity contribution >= 4 is 31.3 Å². The van der Waals surface area contributed by atoms with Gasteiger partial charge in [0.15, 0.2) is 0 Å². The Kier molecular flexibility index (Phi) is 4.39. The van der Waals surface area contributed by atoms with E-state index >= 15 is 0 Å². The summed E-state index contributed by atoms with van der Waals surface area (Å²) in [5.41, 5.74) is 2.08. The number of rotatable bonds is 4. The Bertz CT molecular complexity index is 613. The second-order valence-electron chi connectivity index (χ2n) is 5.42. The zero-order chi connectivity index (χ0) is 14.9. The van der Waals surface area contributed by atoms with E-state index in [0.29, 0.717) is 29.2 Å². The van der Waals surface area contributed by atoms with Gasteiger partial charge < -0.3 is 5.32 Å². The molecule has 110 valence electrons. The van der Waals surface area contributed by atoms with Crippen LogP contribution in [0, 0.1) is 19.8 Å². The van der Waals surface area contributed by atoms with Gasteiger partial charge in [-0.3, -0.25) is 4.79 Å². The first-order valence-corrected chi connectivity index (χ1v) is 8.94. The normalized spacial score (nSPS) is 15.8. The van der Waals surface area contributed by atoms with Gasteiger partial charge in [-0.2, -0.15) is 0 Å². The van der Waals surface area contributed by atoms with E-state index in [0.717, 1.165) is 12.8 Å². The molecule has 0 atom stereocenters. The second-order valence-corrected chi connectivity index (χ2v) is 7.99. The number of aryl methyl sites for hydroxylation is 2. The number of benzene rings is 1. The average Bonchev–Trinajstić information content (AvgIpc) is 2.27. The van der Waals surface area contributed by atoms with Crippen molar-refractivity contribution < 1.29 is 13.2 Å². The molecule has 4 nitrogen and oxygen atoms in total. The van der Waals surface area contributed by atoms with Gasteiger partial charge >= 0.3 is 0 Å². The Morgan fingerprint density at radius 3 is 2.25 bits per heavy atom. The lowest BCUT2D eigenvalue weighted by molar-refractivity contribution is -0.117. The van der Waals surface area contributed by atoms with Crippen LogP contribution in [-0.2, 0) is 13.8 Å². The van der Waals surface area contributed by atoms with Crippen molar-refractivity contribution in [3.63, 3.8) is 0 Å². The average molecular weight is 316 g/mol. The lowest BCUT2D eigenvalue weighted by Crippen LogP contribution is -2.21. The van der Waals surface area contributed by atoms with Crippen LogP contribution in [0.15, 0.2) is 17.0 Å². The van der Waals surface area contributed by atoms with Gasteiger partial charge in [0.1, 0.15) is 0 Å². The number of nitrogens with one attached hydrogen (secondary N) is 1. The van der Waals surface area contributed by atoms with Gasteiger partial charge in [-0.05, 0) is 55.9 Å². The number of hydrogen-bond donors (Lipinski definition) is 1. The quantitative estimate of drug-likeness (QED) is 0.867. The predicted octanol–water partition coefficient (Wildman–Crippen LogP) is 3.36. The minimum absolute atomic E-state index is 0.0117. The smallest absolute Gasteiger partial charge is 0.261 e. The summed E-state index contributed by atoms with van der Waals surface area (Å²) >= 11 is 0. The summed E-state index contributed by atoms with van der Waals surface area (Å²) in [5, 5.41) is 2.88. The van der Waals surface area contributed by atoms with Crippen molar-refractivity contribution in [3.05, 3.63) is 23.3 Å². The summed E-state index contributed by atoms with van der Waals surface area (Å²) in [6.07, 6.45) is 3.98. The van der Waals surface area contributed by atoms with E-state index in [-0.39, 0.29) is 10.8 Å². The summed E-state index contributed by atoms with van der Waals surface area (Å²) in [6, 6.07) is 2.96. The van der Waals surface area contributed by atoms with Crippen LogP contribution in [-0.4, -0.2) is 14.3 Å². The van der Waals surface area contributed by atoms with Crippen molar-refractivity contribution in [1.82, 2.24) is 0 Å². The molecular weight excluding hydrogens is 298 g/mol. The number of amides is 1. The second kappa shape index (κ2) is 5.74. The maximum absolute atomic E-state index is 11.9. The van der Waals surface area contributed by atoms with Gasteiger partial charge in [-0.15, -0.1) is 0 Å². The fraction of sp³-hybridized carbons (Fsp3) is 0.500. The molecule has 1 aromatic rings. The third-order valence-corrected chi connectivity index (χ3v) is 5.08. The Balaban J connectivity index is 2.17. The lowest BCUT2D eigenvalue weighted by atomic mass is 9.83. The maximum Gasteiger partial charge on any atom is 0.261 e. The Morgan fingerprint density at radius 1 is 1.30 bits per heavy atom. The van der Waals surface area contributed by atoms with Crippen LogP contribution in [0.25, 0.3) is 0 Å². The Hall–Kier alpha value is -1.07. The molecule has 0 unspecified atom stereocenters. The molecule has 0 heterocycles. The van der Waals surface area contributed by atoms with Crippen LogP contribution in [0.1, 0.15) is 36.8 Å². The molecule has 1 fully saturated rings. The third kappa shape index (κ3) is 3.52. The Morgan fingerprint density at radius 2 is 1.85 bits per heavy atom. The molecule has 1 aliphatic rings. The lowest BCUT2D eigenvalue weighted by Gasteiger charge is -2.24. The van der Waals surface area contributed by atoms with Crippen molar-refractivity contribution in [2.24, 2.45) is 5.92 Å². The van der Waals surface area contributed by atoms with Crippen LogP contribution < -0.4 is 5.32 Å². The summed E-state index contributed by atoms with van der Waals surface area (Å²) in [5.74, 6) is 0.487. The van der Waals surface area contributed by atoms with Crippen LogP contribution in [0.3, 0.4) is 0 Å². The number of anilines is 1. The first kappa shape index (κ1) is 15.3. The molecule has 1 aromatic carbocycles. The summed E-state index contributed by atoms with van der Waals surface area (Å²) in [4.78, 5) is 12.0. The standard InChI is InChI=1S/C14H18ClNO3S/c1-9-6-12(20(15,18)19)7-10(2)14(9)16-13(17)8-11-4-3-5-11/h6-7,11H,3-5,8H2,1-2H3,(H,16,17). The molecule has 0 bridgehead atoms. The highest BCUT2D eigenvalue weighted by Gasteiger charge is 2.21. The number of carbonyl (C=O) groups is 1. The molecule has 6 heteroatoms. The number of hydrogen-bond acceptors (Lipinski definition) is 3. The zero-order valence-corrected chi connectivity index (χ0v) is 13.1. The fourth-order valence-electron chi connectivity index (χ4n) is 2.41. The van der Waals surface area contributed by atoms with E-state index in [2.05, 4.69) is 5.32 Å². The van der Waals surface area contributed by atoms with Crippen molar-refractivity contribution in [3.8, 4) is 0 Å². The predicted molar refractivity (Wildman–Crippen MR) is 79.5 cm³/mol. The molecule has 1 N–H and O–H groups in total. The van der Waals surface area contributed by atoms with Gasteiger partial charge in [0.25, 0.3) is 9.05 Å². The fourth-order valence-corrected chi connectivity index (χ4v) is 3.31. The molecule has 0 saturated heterocycles. The molecule has 2 rings (SSSR count). The monoisotopic (exact) mass is 315 g/mol. The topological polar surface area (TPSA) is 63.2 Å². The first-order chi connectivity index (χ1) is 9.27. The van der Waals surface area contributed by atoms with E-state index in [1.165, 1.54) is 18.6 Å². The van der Waals surface area contributed by atoms with Gasteiger partial charge in [-0.1, -0.05) is 6.42 Å². The highest BCUT2D eigenvalue weighted by Crippen LogP contribution is 2.31. The molecule has 1 amide bonds. The molecule has 0 spiro atoms. The third-order valence-electron chi connectivity index (χ3n) is 3.75. The minimum Gasteiger partial charge on any atom is -0.326 e. The molecule has 0 radical (unpaired) electrons. The van der Waals surface area contributed by atoms with E-state index in [1.54, 1.807) is 13.8 Å². The number of halogens is 1. The molecule has 1 aliphatic carbocycles. The highest BCUT2D eigenvalue weighted by atomic mass is 35.7. The molecule has 1 saturated carbocycles. The van der Waals surface area contributed by atoms with Gasteiger partial charge in [-0.25, -0.2) is 8.42 Å². The molecule has 0 aliphatic heterocycles. The maximum atomic E-state index is 11.9. The van der Waals surface area contributed by atoms with Crippen LogP contribution in [0.5, 0.6) is 0 Å². The summed E-state index contributed by atoms with van der Waals surface area (Å²) in [7, 11) is 1.59. The minimum atomic E-state index is -3.75.